The molecule has 3 fully saturated rings. The van der Waals surface area contributed by atoms with Crippen molar-refractivity contribution >= 4 is 5.52 Å². The lowest BCUT2D eigenvalue weighted by Gasteiger charge is -2.52. The number of piperidine rings is 1. The van der Waals surface area contributed by atoms with Crippen LogP contribution in [0.15, 0.2) is 47.5 Å². The minimum Gasteiger partial charge on any atom is -0.299 e. The van der Waals surface area contributed by atoms with E-state index in [9.17, 15) is 22.4 Å². The summed E-state index contributed by atoms with van der Waals surface area (Å²) in [6, 6.07) is 8.75. The maximum atomic E-state index is 14.3. The number of hydrogen-bond acceptors (Lipinski definition) is 5. The number of alkyl halides is 4. The number of benzene rings is 1. The van der Waals surface area contributed by atoms with Crippen molar-refractivity contribution in [1.29, 1.82) is 0 Å². The molecule has 7 nitrogen and oxygen atoms in total. The Kier molecular flexibility index (Phi) is 6.64. The Hall–Kier alpha value is -2.73. The molecule has 0 bridgehead atoms. The van der Waals surface area contributed by atoms with E-state index in [1.807, 2.05) is 30.1 Å². The quantitative estimate of drug-likeness (QED) is 0.453. The highest BCUT2D eigenvalue weighted by Crippen LogP contribution is 2.51. The molecule has 0 radical (unpaired) electrons. The second-order valence-electron chi connectivity index (χ2n) is 12.3. The summed E-state index contributed by atoms with van der Waals surface area (Å²) in [6.07, 6.45) is 0.800. The van der Waals surface area contributed by atoms with Crippen LogP contribution in [-0.2, 0) is 18.1 Å². The van der Waals surface area contributed by atoms with Crippen molar-refractivity contribution < 1.29 is 17.6 Å². The summed E-state index contributed by atoms with van der Waals surface area (Å²) < 4.78 is 59.4. The maximum Gasteiger partial charge on any atom is 0.418 e. The van der Waals surface area contributed by atoms with E-state index in [2.05, 4.69) is 22.7 Å². The van der Waals surface area contributed by atoms with Crippen molar-refractivity contribution in [1.82, 2.24) is 29.6 Å². The molecule has 2 N–H and O–H groups in total. The Bertz CT molecular complexity index is 1460. The van der Waals surface area contributed by atoms with Gasteiger partial charge in [-0.1, -0.05) is 19.1 Å². The first kappa shape index (κ1) is 27.4. The first-order chi connectivity index (χ1) is 18.9. The summed E-state index contributed by atoms with van der Waals surface area (Å²) in [4.78, 5) is 17.8. The highest BCUT2D eigenvalue weighted by Gasteiger charge is 2.52. The Morgan fingerprint density at radius 2 is 1.82 bits per heavy atom. The summed E-state index contributed by atoms with van der Waals surface area (Å²) >= 11 is 0. The fourth-order valence-corrected chi connectivity index (χ4v) is 6.97. The molecular formula is C29H36F4N6O. The van der Waals surface area contributed by atoms with Gasteiger partial charge in [-0.2, -0.15) is 13.2 Å². The minimum atomic E-state index is -4.64. The van der Waals surface area contributed by atoms with Crippen molar-refractivity contribution in [2.45, 2.75) is 69.5 Å². The van der Waals surface area contributed by atoms with Gasteiger partial charge in [0.1, 0.15) is 5.67 Å². The summed E-state index contributed by atoms with van der Waals surface area (Å²) in [5.74, 6) is 0.547. The zero-order chi connectivity index (χ0) is 28.4. The van der Waals surface area contributed by atoms with E-state index in [0.717, 1.165) is 28.9 Å². The van der Waals surface area contributed by atoms with E-state index in [1.54, 1.807) is 13.0 Å². The number of likely N-dealkylation sites (N-methyl/N-ethyl adjacent to an activating group) is 1. The molecule has 3 aliphatic rings. The monoisotopic (exact) mass is 560 g/mol. The molecule has 40 heavy (non-hydrogen) atoms. The molecule has 0 spiro atoms. The summed E-state index contributed by atoms with van der Waals surface area (Å²) in [5.41, 5.74) is 5.53. The molecule has 1 unspecified atom stereocenters. The molecule has 1 aliphatic carbocycles. The van der Waals surface area contributed by atoms with Gasteiger partial charge in [-0.25, -0.2) is 20.0 Å². The van der Waals surface area contributed by atoms with Gasteiger partial charge in [0, 0.05) is 37.4 Å². The van der Waals surface area contributed by atoms with Crippen LogP contribution in [0.2, 0.25) is 0 Å². The van der Waals surface area contributed by atoms with E-state index in [0.29, 0.717) is 49.8 Å². The average molecular weight is 561 g/mol. The fraction of sp³-hybridized carbons (Fsp3) is 0.552. The SMILES string of the molecule is CC1CC(c2cccc(-n3cc4c(C(F)(F)F)cc(CN5CCC(C)(F)CC5)cn4c3=O)c2)(C2NNCN2C)C1. The molecule has 0 amide bonds. The van der Waals surface area contributed by atoms with Crippen LogP contribution in [-0.4, -0.2) is 57.4 Å². The summed E-state index contributed by atoms with van der Waals surface area (Å²) in [7, 11) is 2.05. The van der Waals surface area contributed by atoms with Crippen LogP contribution in [0, 0.1) is 5.92 Å². The Labute approximate surface area is 230 Å². The van der Waals surface area contributed by atoms with Crippen LogP contribution in [0.1, 0.15) is 56.2 Å². The van der Waals surface area contributed by atoms with E-state index in [1.165, 1.54) is 17.0 Å². The van der Waals surface area contributed by atoms with E-state index >= 15 is 0 Å². The molecule has 1 saturated carbocycles. The number of aromatic nitrogens is 2. The van der Waals surface area contributed by atoms with Gasteiger partial charge >= 0.3 is 11.9 Å². The standard InChI is InChI=1S/C29H36F4N6O/c1-19-13-28(14-19,25-35-34-18-36(25)3)21-5-4-6-22(12-21)38-17-24-23(29(31,32)33)11-20(16-39(24)26(38)40)15-37-9-7-27(2,30)8-10-37/h4-6,11-12,16-17,19,25,34-35H,7-10,13-15,18H2,1-3H3. The molecule has 1 atom stereocenters. The maximum absolute atomic E-state index is 14.3. The normalized spacial score (nSPS) is 27.8. The van der Waals surface area contributed by atoms with Crippen molar-refractivity contribution in [3.8, 4) is 5.69 Å². The van der Waals surface area contributed by atoms with Gasteiger partial charge in [0.15, 0.2) is 0 Å². The van der Waals surface area contributed by atoms with Gasteiger partial charge in [0.05, 0.1) is 29.6 Å². The predicted molar refractivity (Wildman–Crippen MR) is 145 cm³/mol. The van der Waals surface area contributed by atoms with Gasteiger partial charge < -0.3 is 0 Å². The molecule has 216 valence electrons. The molecule has 1 aromatic carbocycles. The van der Waals surface area contributed by atoms with Crippen LogP contribution in [0.25, 0.3) is 11.2 Å². The van der Waals surface area contributed by atoms with Crippen molar-refractivity contribution in [2.75, 3.05) is 26.8 Å². The molecular weight excluding hydrogens is 524 g/mol. The number of nitrogens with one attached hydrogen (secondary N) is 2. The predicted octanol–water partition coefficient (Wildman–Crippen LogP) is 4.42. The van der Waals surface area contributed by atoms with Crippen LogP contribution in [0.4, 0.5) is 17.6 Å². The molecule has 2 aromatic heterocycles. The van der Waals surface area contributed by atoms with Crippen LogP contribution >= 0.6 is 0 Å². The first-order valence-electron chi connectivity index (χ1n) is 13.9. The second-order valence-corrected chi connectivity index (χ2v) is 12.3. The number of nitrogens with zero attached hydrogens (tertiary/aromatic N) is 4. The number of likely N-dealkylation sites (tertiary alicyclic amines) is 1. The lowest BCUT2D eigenvalue weighted by Crippen LogP contribution is -2.58. The van der Waals surface area contributed by atoms with Crippen LogP contribution < -0.4 is 16.5 Å². The number of fused-ring (bicyclic) bond motifs is 1. The number of hydrogen-bond donors (Lipinski definition) is 2. The highest BCUT2D eigenvalue weighted by atomic mass is 19.4. The lowest BCUT2D eigenvalue weighted by molar-refractivity contribution is -0.136. The topological polar surface area (TPSA) is 57.0 Å². The lowest BCUT2D eigenvalue weighted by atomic mass is 9.57. The first-order valence-corrected chi connectivity index (χ1v) is 13.9. The largest absolute Gasteiger partial charge is 0.418 e. The third-order valence-corrected chi connectivity index (χ3v) is 9.09. The highest BCUT2D eigenvalue weighted by molar-refractivity contribution is 5.58. The van der Waals surface area contributed by atoms with Crippen molar-refractivity contribution in [3.05, 3.63) is 69.9 Å². The van der Waals surface area contributed by atoms with E-state index < -0.39 is 23.1 Å². The van der Waals surface area contributed by atoms with E-state index in [-0.39, 0.29) is 23.6 Å². The van der Waals surface area contributed by atoms with Crippen molar-refractivity contribution in [3.63, 3.8) is 0 Å². The minimum absolute atomic E-state index is 0.0632. The van der Waals surface area contributed by atoms with Crippen LogP contribution in [0.3, 0.4) is 0 Å². The zero-order valence-corrected chi connectivity index (χ0v) is 23.1. The average Bonchev–Trinajstić information content (AvgIpc) is 3.45. The van der Waals surface area contributed by atoms with Gasteiger partial charge in [0.25, 0.3) is 0 Å². The molecule has 6 rings (SSSR count). The number of halogens is 4. The van der Waals surface area contributed by atoms with Crippen molar-refractivity contribution in [2.24, 2.45) is 5.92 Å². The number of rotatable bonds is 5. The molecule has 2 aliphatic heterocycles. The zero-order valence-electron chi connectivity index (χ0n) is 23.1. The van der Waals surface area contributed by atoms with Gasteiger partial charge in [-0.15, -0.1) is 0 Å². The van der Waals surface area contributed by atoms with Gasteiger partial charge in [0.2, 0.25) is 0 Å². The number of hydrazine groups is 1. The third-order valence-electron chi connectivity index (χ3n) is 9.09. The smallest absolute Gasteiger partial charge is 0.299 e. The summed E-state index contributed by atoms with van der Waals surface area (Å²) in [5, 5.41) is 0. The van der Waals surface area contributed by atoms with Crippen LogP contribution in [0.5, 0.6) is 0 Å². The number of imidazole rings is 1. The Morgan fingerprint density at radius 3 is 2.45 bits per heavy atom. The second kappa shape index (κ2) is 9.68. The summed E-state index contributed by atoms with van der Waals surface area (Å²) in [6.45, 7) is 5.61. The van der Waals surface area contributed by atoms with E-state index in [4.69, 9.17) is 0 Å². The van der Waals surface area contributed by atoms with Gasteiger partial charge in [-0.3, -0.25) is 18.8 Å². The Balaban J connectivity index is 1.39. The molecule has 3 aromatic rings. The molecule has 11 heteroatoms. The molecule has 2 saturated heterocycles. The molecule has 4 heterocycles. The number of pyridine rings is 1. The Morgan fingerprint density at radius 1 is 1.10 bits per heavy atom. The third kappa shape index (κ3) is 4.76. The van der Waals surface area contributed by atoms with Gasteiger partial charge in [-0.05, 0) is 74.9 Å². The fourth-order valence-electron chi connectivity index (χ4n) is 6.97.